The first-order valence-corrected chi connectivity index (χ1v) is 5.72. The maximum absolute atomic E-state index is 11.7. The Morgan fingerprint density at radius 3 is 2.29 bits per heavy atom. The van der Waals surface area contributed by atoms with Crippen LogP contribution in [0.5, 0.6) is 0 Å². The van der Waals surface area contributed by atoms with Crippen LogP contribution in [0.4, 0.5) is 4.79 Å². The van der Waals surface area contributed by atoms with Gasteiger partial charge in [-0.05, 0) is 20.3 Å². The minimum Gasteiger partial charge on any atom is -0.481 e. The summed E-state index contributed by atoms with van der Waals surface area (Å²) in [5.74, 6) is -0.956. The molecular weight excluding hydrogens is 224 g/mol. The van der Waals surface area contributed by atoms with Gasteiger partial charge >= 0.3 is 12.0 Å². The third-order valence-corrected chi connectivity index (χ3v) is 2.41. The molecule has 0 rings (SSSR count). The number of aliphatic hydroxyl groups is 1. The van der Waals surface area contributed by atoms with Crippen LogP contribution in [0, 0.1) is 5.41 Å². The largest absolute Gasteiger partial charge is 0.481 e. The molecule has 0 aromatic rings. The molecule has 0 spiro atoms. The van der Waals surface area contributed by atoms with Crippen LogP contribution in [0.3, 0.4) is 0 Å². The Kier molecular flexibility index (Phi) is 6.57. The van der Waals surface area contributed by atoms with Crippen LogP contribution in [0.2, 0.25) is 0 Å². The number of hydrogen-bond acceptors (Lipinski definition) is 3. The number of rotatable bonds is 7. The van der Waals surface area contributed by atoms with Crippen molar-refractivity contribution in [3.05, 3.63) is 0 Å². The molecule has 6 nitrogen and oxygen atoms in total. The average molecular weight is 246 g/mol. The first kappa shape index (κ1) is 15.7. The monoisotopic (exact) mass is 246 g/mol. The maximum Gasteiger partial charge on any atom is 0.317 e. The molecule has 2 amide bonds. The summed E-state index contributed by atoms with van der Waals surface area (Å²) in [5.41, 5.74) is -0.993. The van der Waals surface area contributed by atoms with Gasteiger partial charge < -0.3 is 20.4 Å². The molecule has 0 aliphatic heterocycles. The van der Waals surface area contributed by atoms with Crippen LogP contribution in [0.25, 0.3) is 0 Å². The summed E-state index contributed by atoms with van der Waals surface area (Å²) in [6, 6.07) is -0.338. The van der Waals surface area contributed by atoms with Crippen molar-refractivity contribution in [2.45, 2.75) is 27.2 Å². The predicted molar refractivity (Wildman–Crippen MR) is 63.8 cm³/mol. The Morgan fingerprint density at radius 1 is 1.29 bits per heavy atom. The van der Waals surface area contributed by atoms with Gasteiger partial charge in [-0.1, -0.05) is 6.92 Å². The van der Waals surface area contributed by atoms with E-state index in [4.69, 9.17) is 10.2 Å². The fraction of sp³-hybridized carbons (Fsp3) is 0.818. The van der Waals surface area contributed by atoms with Gasteiger partial charge in [0.2, 0.25) is 0 Å². The van der Waals surface area contributed by atoms with Crippen molar-refractivity contribution in [1.82, 2.24) is 10.2 Å². The Labute approximate surface area is 102 Å². The summed E-state index contributed by atoms with van der Waals surface area (Å²) in [7, 11) is 0. The van der Waals surface area contributed by atoms with E-state index in [1.165, 1.54) is 4.90 Å². The quantitative estimate of drug-likeness (QED) is 0.610. The van der Waals surface area contributed by atoms with Gasteiger partial charge in [0.05, 0.1) is 12.0 Å². The molecular formula is C11H22N2O4. The molecule has 0 fully saturated rings. The zero-order valence-corrected chi connectivity index (χ0v) is 10.7. The second kappa shape index (κ2) is 7.11. The van der Waals surface area contributed by atoms with Crippen molar-refractivity contribution < 1.29 is 19.8 Å². The van der Waals surface area contributed by atoms with E-state index in [1.54, 1.807) is 13.8 Å². The number of hydrogen-bond donors (Lipinski definition) is 3. The van der Waals surface area contributed by atoms with Gasteiger partial charge in [-0.15, -0.1) is 0 Å². The van der Waals surface area contributed by atoms with Crippen molar-refractivity contribution in [2.24, 2.45) is 5.41 Å². The summed E-state index contributed by atoms with van der Waals surface area (Å²) in [6.45, 7) is 5.78. The van der Waals surface area contributed by atoms with Crippen LogP contribution >= 0.6 is 0 Å². The van der Waals surface area contributed by atoms with Gasteiger partial charge in [0.1, 0.15) is 0 Å². The lowest BCUT2D eigenvalue weighted by atomic mass is 9.94. The highest BCUT2D eigenvalue weighted by molar-refractivity contribution is 5.77. The number of carbonyl (C=O) groups excluding carboxylic acids is 1. The van der Waals surface area contributed by atoms with Crippen molar-refractivity contribution >= 4 is 12.0 Å². The Bertz CT molecular complexity index is 260. The predicted octanol–water partition coefficient (Wildman–Crippen LogP) is 0.511. The highest BCUT2D eigenvalue weighted by Crippen LogP contribution is 2.13. The van der Waals surface area contributed by atoms with Gasteiger partial charge in [-0.3, -0.25) is 4.79 Å². The highest BCUT2D eigenvalue weighted by Gasteiger charge is 2.28. The molecule has 0 saturated heterocycles. The maximum atomic E-state index is 11.7. The van der Waals surface area contributed by atoms with Crippen LogP contribution in [0.1, 0.15) is 27.2 Å². The molecule has 17 heavy (non-hydrogen) atoms. The molecule has 3 N–H and O–H groups in total. The minimum atomic E-state index is -0.993. The summed E-state index contributed by atoms with van der Waals surface area (Å²) >= 11 is 0. The fourth-order valence-electron chi connectivity index (χ4n) is 1.19. The number of urea groups is 1. The van der Waals surface area contributed by atoms with Crippen LogP contribution in [-0.4, -0.2) is 53.4 Å². The molecule has 0 aromatic carbocycles. The van der Waals surface area contributed by atoms with Crippen molar-refractivity contribution in [3.8, 4) is 0 Å². The van der Waals surface area contributed by atoms with Crippen LogP contribution in [0.15, 0.2) is 0 Å². The number of carbonyl (C=O) groups is 2. The summed E-state index contributed by atoms with van der Waals surface area (Å²) in [6.07, 6.45) is 0.787. The van der Waals surface area contributed by atoms with Crippen molar-refractivity contribution in [2.75, 3.05) is 26.2 Å². The van der Waals surface area contributed by atoms with E-state index in [-0.39, 0.29) is 25.7 Å². The lowest BCUT2D eigenvalue weighted by molar-refractivity contribution is -0.146. The third-order valence-electron chi connectivity index (χ3n) is 2.41. The number of carboxylic acid groups (broad SMARTS) is 1. The van der Waals surface area contributed by atoms with Gasteiger partial charge in [-0.25, -0.2) is 4.79 Å². The van der Waals surface area contributed by atoms with E-state index in [9.17, 15) is 9.59 Å². The highest BCUT2D eigenvalue weighted by atomic mass is 16.4. The lowest BCUT2D eigenvalue weighted by Crippen LogP contribution is -2.46. The summed E-state index contributed by atoms with van der Waals surface area (Å²) < 4.78 is 0. The molecule has 6 heteroatoms. The van der Waals surface area contributed by atoms with Gasteiger partial charge in [-0.2, -0.15) is 0 Å². The first-order chi connectivity index (χ1) is 7.85. The van der Waals surface area contributed by atoms with Crippen molar-refractivity contribution in [3.63, 3.8) is 0 Å². The van der Waals surface area contributed by atoms with Gasteiger partial charge in [0, 0.05) is 19.6 Å². The van der Waals surface area contributed by atoms with E-state index in [2.05, 4.69) is 5.32 Å². The smallest absolute Gasteiger partial charge is 0.317 e. The summed E-state index contributed by atoms with van der Waals surface area (Å²) in [4.78, 5) is 24.0. The normalized spacial score (nSPS) is 11.1. The number of nitrogens with zero attached hydrogens (tertiary/aromatic N) is 1. The summed E-state index contributed by atoms with van der Waals surface area (Å²) in [5, 5.41) is 20.3. The second-order valence-corrected chi connectivity index (χ2v) is 4.56. The Balaban J connectivity index is 4.27. The SMILES string of the molecule is CCCN(CCO)C(=O)NCC(C)(C)C(=O)O. The fourth-order valence-corrected chi connectivity index (χ4v) is 1.19. The molecule has 0 aliphatic carbocycles. The van der Waals surface area contributed by atoms with Gasteiger partial charge in [0.15, 0.2) is 0 Å². The van der Waals surface area contributed by atoms with E-state index in [0.717, 1.165) is 6.42 Å². The molecule has 0 heterocycles. The van der Waals surface area contributed by atoms with Gasteiger partial charge in [0.25, 0.3) is 0 Å². The standard InChI is InChI=1S/C11H22N2O4/c1-4-5-13(6-7-14)10(17)12-8-11(2,3)9(15)16/h14H,4-8H2,1-3H3,(H,12,17)(H,15,16). The van der Waals surface area contributed by atoms with E-state index < -0.39 is 11.4 Å². The number of aliphatic hydroxyl groups excluding tert-OH is 1. The van der Waals surface area contributed by atoms with E-state index in [1.807, 2.05) is 6.92 Å². The molecule has 0 bridgehead atoms. The molecule has 0 atom stereocenters. The van der Waals surface area contributed by atoms with Crippen LogP contribution < -0.4 is 5.32 Å². The lowest BCUT2D eigenvalue weighted by Gasteiger charge is -2.25. The molecule has 0 aromatic heterocycles. The zero-order valence-electron chi connectivity index (χ0n) is 10.7. The number of aliphatic carboxylic acids is 1. The average Bonchev–Trinajstić information content (AvgIpc) is 2.25. The van der Waals surface area contributed by atoms with Crippen LogP contribution in [-0.2, 0) is 4.79 Å². The van der Waals surface area contributed by atoms with Crippen molar-refractivity contribution in [1.29, 1.82) is 0 Å². The molecule has 0 saturated carbocycles. The number of carboxylic acids is 1. The third kappa shape index (κ3) is 5.53. The zero-order chi connectivity index (χ0) is 13.5. The molecule has 100 valence electrons. The minimum absolute atomic E-state index is 0.0623. The number of amides is 2. The molecule has 0 unspecified atom stereocenters. The molecule has 0 aliphatic rings. The molecule has 0 radical (unpaired) electrons. The van der Waals surface area contributed by atoms with E-state index in [0.29, 0.717) is 6.54 Å². The van der Waals surface area contributed by atoms with E-state index >= 15 is 0 Å². The Morgan fingerprint density at radius 2 is 1.88 bits per heavy atom. The first-order valence-electron chi connectivity index (χ1n) is 5.72. The second-order valence-electron chi connectivity index (χ2n) is 4.56. The Hall–Kier alpha value is -1.30. The topological polar surface area (TPSA) is 89.9 Å². The number of nitrogens with one attached hydrogen (secondary N) is 1.